The van der Waals surface area contributed by atoms with Crippen LogP contribution in [0.25, 0.3) is 0 Å². The lowest BCUT2D eigenvalue weighted by atomic mass is 9.64. The van der Waals surface area contributed by atoms with E-state index in [-0.39, 0.29) is 5.41 Å². The van der Waals surface area contributed by atoms with E-state index in [4.69, 9.17) is 4.74 Å². The fraction of sp³-hybridized carbons (Fsp3) is 0.474. The number of nitrogens with zero attached hydrogens (tertiary/aromatic N) is 2. The molecule has 2 saturated carbocycles. The van der Waals surface area contributed by atoms with Crippen LogP contribution < -0.4 is 10.1 Å². The molecule has 2 fully saturated rings. The number of rotatable bonds is 6. The molecule has 2 aliphatic carbocycles. The first-order valence-electron chi connectivity index (χ1n) is 8.51. The van der Waals surface area contributed by atoms with Crippen LogP contribution in [0, 0.1) is 0 Å². The lowest BCUT2D eigenvalue weighted by Gasteiger charge is -2.43. The van der Waals surface area contributed by atoms with Gasteiger partial charge in [0.15, 0.2) is 0 Å². The molecular weight excluding hydrogens is 286 g/mol. The van der Waals surface area contributed by atoms with E-state index >= 15 is 0 Å². The number of hydrogen-bond acceptors (Lipinski definition) is 4. The van der Waals surface area contributed by atoms with Gasteiger partial charge in [-0.3, -0.25) is 0 Å². The third-order valence-electron chi connectivity index (χ3n) is 5.21. The number of para-hydroxylation sites is 1. The van der Waals surface area contributed by atoms with E-state index in [2.05, 4.69) is 33.5 Å². The minimum Gasteiger partial charge on any atom is -0.496 e. The molecule has 0 unspecified atom stereocenters. The normalized spacial score (nSPS) is 19.0. The van der Waals surface area contributed by atoms with Gasteiger partial charge in [0.1, 0.15) is 17.4 Å². The average Bonchev–Trinajstić information content (AvgIpc) is 3.39. The molecule has 0 aliphatic heterocycles. The van der Waals surface area contributed by atoms with Crippen LogP contribution in [-0.4, -0.2) is 23.6 Å². The van der Waals surface area contributed by atoms with E-state index in [9.17, 15) is 0 Å². The van der Waals surface area contributed by atoms with Crippen molar-refractivity contribution in [1.82, 2.24) is 9.97 Å². The molecule has 1 N–H and O–H groups in total. The lowest BCUT2D eigenvalue weighted by Crippen LogP contribution is -2.41. The van der Waals surface area contributed by atoms with Gasteiger partial charge in [-0.15, -0.1) is 0 Å². The van der Waals surface area contributed by atoms with E-state index in [0.717, 1.165) is 23.9 Å². The summed E-state index contributed by atoms with van der Waals surface area (Å²) in [5.41, 5.74) is 1.48. The van der Waals surface area contributed by atoms with Crippen molar-refractivity contribution in [2.24, 2.45) is 0 Å². The Balaban J connectivity index is 1.53. The fourth-order valence-corrected chi connectivity index (χ4v) is 3.50. The fourth-order valence-electron chi connectivity index (χ4n) is 3.50. The predicted molar refractivity (Wildman–Crippen MR) is 91.0 cm³/mol. The van der Waals surface area contributed by atoms with Gasteiger partial charge in [0.05, 0.1) is 7.11 Å². The van der Waals surface area contributed by atoms with E-state index in [1.165, 1.54) is 37.7 Å². The van der Waals surface area contributed by atoms with E-state index in [0.29, 0.717) is 5.92 Å². The molecule has 0 saturated heterocycles. The molecule has 0 amide bonds. The van der Waals surface area contributed by atoms with Crippen LogP contribution in [0.5, 0.6) is 5.75 Å². The van der Waals surface area contributed by atoms with Crippen LogP contribution in [0.1, 0.15) is 49.4 Å². The third-order valence-corrected chi connectivity index (χ3v) is 5.21. The van der Waals surface area contributed by atoms with Crippen molar-refractivity contribution < 1.29 is 4.74 Å². The van der Waals surface area contributed by atoms with Gasteiger partial charge < -0.3 is 10.1 Å². The Hall–Kier alpha value is -2.10. The minimum atomic E-state index is 0.164. The van der Waals surface area contributed by atoms with Crippen LogP contribution in [0.2, 0.25) is 0 Å². The van der Waals surface area contributed by atoms with Gasteiger partial charge in [-0.1, -0.05) is 24.6 Å². The Kier molecular flexibility index (Phi) is 3.68. The summed E-state index contributed by atoms with van der Waals surface area (Å²) in [5.74, 6) is 3.53. The van der Waals surface area contributed by atoms with Crippen molar-refractivity contribution in [2.75, 3.05) is 19.0 Å². The number of ether oxygens (including phenoxy) is 1. The van der Waals surface area contributed by atoms with Crippen LogP contribution in [0.15, 0.2) is 36.5 Å². The molecule has 2 aliphatic rings. The summed E-state index contributed by atoms with van der Waals surface area (Å²) >= 11 is 0. The second kappa shape index (κ2) is 5.84. The Labute approximate surface area is 137 Å². The molecule has 0 spiro atoms. The number of hydrogen-bond donors (Lipinski definition) is 1. The number of methoxy groups -OCH3 is 1. The maximum Gasteiger partial charge on any atom is 0.133 e. The molecule has 4 rings (SSSR count). The molecule has 4 heteroatoms. The highest BCUT2D eigenvalue weighted by molar-refractivity contribution is 5.44. The van der Waals surface area contributed by atoms with Gasteiger partial charge in [0, 0.05) is 29.6 Å². The van der Waals surface area contributed by atoms with E-state index < -0.39 is 0 Å². The molecule has 4 nitrogen and oxygen atoms in total. The van der Waals surface area contributed by atoms with Crippen molar-refractivity contribution in [2.45, 2.75) is 43.4 Å². The largest absolute Gasteiger partial charge is 0.496 e. The van der Waals surface area contributed by atoms with Gasteiger partial charge in [0.2, 0.25) is 0 Å². The molecule has 0 bridgehead atoms. The molecule has 120 valence electrons. The maximum atomic E-state index is 5.58. The van der Waals surface area contributed by atoms with Gasteiger partial charge in [-0.2, -0.15) is 0 Å². The zero-order valence-electron chi connectivity index (χ0n) is 13.6. The molecular formula is C19H23N3O. The number of nitrogens with one attached hydrogen (secondary N) is 1. The van der Waals surface area contributed by atoms with E-state index in [1.807, 2.05) is 18.3 Å². The highest BCUT2D eigenvalue weighted by atomic mass is 16.5. The molecule has 1 heterocycles. The maximum absolute atomic E-state index is 5.58. The second-order valence-corrected chi connectivity index (χ2v) is 6.76. The topological polar surface area (TPSA) is 47.0 Å². The standard InChI is InChI=1S/C19H23N3O/c1-23-16-6-3-2-5-15(16)19(10-4-11-19)13-21-17-9-12-20-18(22-17)14-7-8-14/h2-3,5-6,9,12,14H,4,7-8,10-11,13H2,1H3,(H,20,21,22). The molecule has 0 radical (unpaired) electrons. The van der Waals surface area contributed by atoms with Gasteiger partial charge in [0.25, 0.3) is 0 Å². The second-order valence-electron chi connectivity index (χ2n) is 6.76. The monoisotopic (exact) mass is 309 g/mol. The number of benzene rings is 1. The number of anilines is 1. The molecule has 23 heavy (non-hydrogen) atoms. The quantitative estimate of drug-likeness (QED) is 0.879. The summed E-state index contributed by atoms with van der Waals surface area (Å²) in [6.07, 6.45) is 8.00. The summed E-state index contributed by atoms with van der Waals surface area (Å²) in [7, 11) is 1.75. The van der Waals surface area contributed by atoms with Crippen molar-refractivity contribution in [3.05, 3.63) is 47.9 Å². The van der Waals surface area contributed by atoms with Crippen LogP contribution in [0.3, 0.4) is 0 Å². The first-order chi connectivity index (χ1) is 11.3. The Morgan fingerprint density at radius 2 is 2.04 bits per heavy atom. The van der Waals surface area contributed by atoms with Crippen molar-refractivity contribution in [1.29, 1.82) is 0 Å². The summed E-state index contributed by atoms with van der Waals surface area (Å²) in [4.78, 5) is 9.07. The van der Waals surface area contributed by atoms with Gasteiger partial charge in [-0.05, 0) is 37.8 Å². The number of aromatic nitrogens is 2. The van der Waals surface area contributed by atoms with Gasteiger partial charge >= 0.3 is 0 Å². The summed E-state index contributed by atoms with van der Waals surface area (Å²) < 4.78 is 5.58. The van der Waals surface area contributed by atoms with Gasteiger partial charge in [-0.25, -0.2) is 9.97 Å². The van der Waals surface area contributed by atoms with Crippen LogP contribution in [0.4, 0.5) is 5.82 Å². The lowest BCUT2D eigenvalue weighted by molar-refractivity contribution is 0.250. The first kappa shape index (κ1) is 14.5. The van der Waals surface area contributed by atoms with Crippen LogP contribution >= 0.6 is 0 Å². The zero-order valence-corrected chi connectivity index (χ0v) is 13.6. The SMILES string of the molecule is COc1ccccc1C1(CNc2ccnc(C3CC3)n2)CCC1. The Bertz CT molecular complexity index is 693. The smallest absolute Gasteiger partial charge is 0.133 e. The predicted octanol–water partition coefficient (Wildman–Crippen LogP) is 3.90. The minimum absolute atomic E-state index is 0.164. The first-order valence-corrected chi connectivity index (χ1v) is 8.51. The average molecular weight is 309 g/mol. The summed E-state index contributed by atoms with van der Waals surface area (Å²) in [5, 5.41) is 3.55. The zero-order chi connectivity index (χ0) is 15.7. The van der Waals surface area contributed by atoms with Crippen molar-refractivity contribution >= 4 is 5.82 Å². The Morgan fingerprint density at radius 1 is 1.22 bits per heavy atom. The molecule has 0 atom stereocenters. The highest BCUT2D eigenvalue weighted by Crippen LogP contribution is 2.47. The summed E-state index contributed by atoms with van der Waals surface area (Å²) in [6.45, 7) is 0.897. The third kappa shape index (κ3) is 2.78. The molecule has 2 aromatic rings. The highest BCUT2D eigenvalue weighted by Gasteiger charge is 2.40. The van der Waals surface area contributed by atoms with Crippen molar-refractivity contribution in [3.63, 3.8) is 0 Å². The van der Waals surface area contributed by atoms with Crippen LogP contribution in [-0.2, 0) is 5.41 Å². The van der Waals surface area contributed by atoms with E-state index in [1.54, 1.807) is 7.11 Å². The molecule has 1 aromatic heterocycles. The Morgan fingerprint density at radius 3 is 2.74 bits per heavy atom. The van der Waals surface area contributed by atoms with Crippen molar-refractivity contribution in [3.8, 4) is 5.75 Å². The summed E-state index contributed by atoms with van der Waals surface area (Å²) in [6, 6.07) is 10.4. The molecule has 1 aromatic carbocycles.